The van der Waals surface area contributed by atoms with E-state index in [9.17, 15) is 4.79 Å². The molecule has 1 N–H and O–H groups in total. The van der Waals surface area contributed by atoms with E-state index >= 15 is 0 Å². The van der Waals surface area contributed by atoms with Gasteiger partial charge in [-0.15, -0.1) is 11.3 Å². The maximum atomic E-state index is 12.3. The molecule has 0 fully saturated rings. The van der Waals surface area contributed by atoms with Crippen molar-refractivity contribution in [3.63, 3.8) is 0 Å². The highest BCUT2D eigenvalue weighted by molar-refractivity contribution is 7.16. The third kappa shape index (κ3) is 3.03. The molecule has 0 aliphatic carbocycles. The van der Waals surface area contributed by atoms with Crippen molar-refractivity contribution >= 4 is 44.8 Å². The number of halogens is 2. The smallest absolute Gasteiger partial charge is 0.260 e. The molecule has 2 aromatic heterocycles. The number of rotatable bonds is 4. The zero-order valence-electron chi connectivity index (χ0n) is 11.7. The van der Waals surface area contributed by atoms with Crippen LogP contribution in [-0.4, -0.2) is 17.1 Å². The van der Waals surface area contributed by atoms with Crippen LogP contribution in [0.2, 0.25) is 10.0 Å². The number of H-pyrrole nitrogens is 1. The summed E-state index contributed by atoms with van der Waals surface area (Å²) in [4.78, 5) is 20.3. The summed E-state index contributed by atoms with van der Waals surface area (Å²) < 4.78 is 5.10. The van der Waals surface area contributed by atoms with Gasteiger partial charge >= 0.3 is 0 Å². The maximum absolute atomic E-state index is 12.3. The van der Waals surface area contributed by atoms with Crippen LogP contribution in [0.1, 0.15) is 17.0 Å². The van der Waals surface area contributed by atoms with Crippen LogP contribution in [0.25, 0.3) is 10.2 Å². The molecule has 0 saturated carbocycles. The van der Waals surface area contributed by atoms with Gasteiger partial charge in [0, 0.05) is 19.1 Å². The highest BCUT2D eigenvalue weighted by Crippen LogP contribution is 2.25. The predicted molar refractivity (Wildman–Crippen MR) is 90.2 cm³/mol. The summed E-state index contributed by atoms with van der Waals surface area (Å²) in [7, 11) is 1.60. The Bertz CT molecular complexity index is 889. The minimum absolute atomic E-state index is 0.145. The number of fused-ring (bicyclic) bond motifs is 1. The number of thiophene rings is 1. The van der Waals surface area contributed by atoms with Crippen molar-refractivity contribution < 1.29 is 4.74 Å². The van der Waals surface area contributed by atoms with E-state index in [1.807, 2.05) is 11.4 Å². The first-order valence-corrected chi connectivity index (χ1v) is 8.14. The van der Waals surface area contributed by atoms with Gasteiger partial charge in [-0.2, -0.15) is 0 Å². The summed E-state index contributed by atoms with van der Waals surface area (Å²) in [5.74, 6) is 0.599. The Kier molecular flexibility index (Phi) is 4.49. The molecule has 7 heteroatoms. The third-order valence-corrected chi connectivity index (χ3v) is 4.88. The number of nitrogens with zero attached hydrogens (tertiary/aromatic N) is 1. The third-order valence-electron chi connectivity index (χ3n) is 3.22. The molecule has 22 heavy (non-hydrogen) atoms. The average molecular weight is 355 g/mol. The van der Waals surface area contributed by atoms with Crippen molar-refractivity contribution in [3.8, 4) is 0 Å². The van der Waals surface area contributed by atoms with Gasteiger partial charge in [0.25, 0.3) is 5.56 Å². The molecule has 3 rings (SSSR count). The van der Waals surface area contributed by atoms with Crippen molar-refractivity contribution in [2.45, 2.75) is 13.0 Å². The Morgan fingerprint density at radius 2 is 2.14 bits per heavy atom. The molecule has 3 aromatic rings. The fourth-order valence-corrected chi connectivity index (χ4v) is 3.50. The molecule has 4 nitrogen and oxygen atoms in total. The summed E-state index contributed by atoms with van der Waals surface area (Å²) in [5, 5.41) is 3.50. The first-order chi connectivity index (χ1) is 10.6. The zero-order chi connectivity index (χ0) is 15.7. The number of ether oxygens (including phenoxy) is 1. The SMILES string of the molecule is COCc1csc2nc(Cc3ccc(Cl)c(Cl)c3)[nH]c(=O)c12. The molecule has 0 amide bonds. The minimum atomic E-state index is -0.145. The molecule has 2 heterocycles. The first kappa shape index (κ1) is 15.5. The van der Waals surface area contributed by atoms with Gasteiger partial charge in [0.1, 0.15) is 10.7 Å². The average Bonchev–Trinajstić information content (AvgIpc) is 2.87. The van der Waals surface area contributed by atoms with Gasteiger partial charge in [-0.3, -0.25) is 4.79 Å². The predicted octanol–water partition coefficient (Wildman–Crippen LogP) is 4.03. The minimum Gasteiger partial charge on any atom is -0.380 e. The van der Waals surface area contributed by atoms with E-state index in [0.717, 1.165) is 11.1 Å². The van der Waals surface area contributed by atoms with Crippen LogP contribution < -0.4 is 5.56 Å². The van der Waals surface area contributed by atoms with E-state index in [4.69, 9.17) is 27.9 Å². The van der Waals surface area contributed by atoms with E-state index in [1.165, 1.54) is 11.3 Å². The molecule has 0 unspecified atom stereocenters. The highest BCUT2D eigenvalue weighted by atomic mass is 35.5. The Morgan fingerprint density at radius 1 is 1.32 bits per heavy atom. The summed E-state index contributed by atoms with van der Waals surface area (Å²) in [6.45, 7) is 0.400. The lowest BCUT2D eigenvalue weighted by Crippen LogP contribution is -2.12. The molecule has 0 radical (unpaired) electrons. The topological polar surface area (TPSA) is 55.0 Å². The number of benzene rings is 1. The normalized spacial score (nSPS) is 11.2. The van der Waals surface area contributed by atoms with Gasteiger partial charge in [-0.25, -0.2) is 4.98 Å². The number of aromatic amines is 1. The van der Waals surface area contributed by atoms with Crippen molar-refractivity contribution in [3.05, 3.63) is 60.9 Å². The van der Waals surface area contributed by atoms with E-state index in [0.29, 0.717) is 39.1 Å². The van der Waals surface area contributed by atoms with E-state index in [1.54, 1.807) is 19.2 Å². The standard InChI is InChI=1S/C15H12Cl2N2O2S/c1-21-6-9-7-22-15-13(9)14(20)18-12(19-15)5-8-2-3-10(16)11(17)4-8/h2-4,7H,5-6H2,1H3,(H,18,19,20). The summed E-state index contributed by atoms with van der Waals surface area (Å²) >= 11 is 13.4. The second-order valence-corrected chi connectivity index (χ2v) is 6.48. The molecule has 0 atom stereocenters. The monoisotopic (exact) mass is 354 g/mol. The number of methoxy groups -OCH3 is 1. The number of hydrogen-bond donors (Lipinski definition) is 1. The largest absolute Gasteiger partial charge is 0.380 e. The zero-order valence-corrected chi connectivity index (χ0v) is 14.0. The maximum Gasteiger partial charge on any atom is 0.260 e. The molecule has 0 saturated heterocycles. The molecule has 114 valence electrons. The van der Waals surface area contributed by atoms with Crippen molar-refractivity contribution in [1.82, 2.24) is 9.97 Å². The number of nitrogens with one attached hydrogen (secondary N) is 1. The van der Waals surface area contributed by atoms with Gasteiger partial charge in [0.05, 0.1) is 22.0 Å². The molecule has 0 bridgehead atoms. The second kappa shape index (κ2) is 6.38. The van der Waals surface area contributed by atoms with Crippen LogP contribution in [0, 0.1) is 0 Å². The number of hydrogen-bond acceptors (Lipinski definition) is 4. The van der Waals surface area contributed by atoms with Crippen LogP contribution in [-0.2, 0) is 17.8 Å². The van der Waals surface area contributed by atoms with Crippen LogP contribution in [0.4, 0.5) is 0 Å². The molecule has 0 aliphatic heterocycles. The van der Waals surface area contributed by atoms with Gasteiger partial charge in [0.2, 0.25) is 0 Å². The highest BCUT2D eigenvalue weighted by Gasteiger charge is 2.11. The summed E-state index contributed by atoms with van der Waals surface area (Å²) in [6, 6.07) is 5.37. The van der Waals surface area contributed by atoms with Gasteiger partial charge in [-0.1, -0.05) is 29.3 Å². The fourth-order valence-electron chi connectivity index (χ4n) is 2.24. The summed E-state index contributed by atoms with van der Waals surface area (Å²) in [6.07, 6.45) is 0.486. The van der Waals surface area contributed by atoms with Gasteiger partial charge in [-0.05, 0) is 23.1 Å². The van der Waals surface area contributed by atoms with E-state index in [-0.39, 0.29) is 5.56 Å². The van der Waals surface area contributed by atoms with Crippen LogP contribution in [0.3, 0.4) is 0 Å². The Labute approximate surface area is 140 Å². The summed E-state index contributed by atoms with van der Waals surface area (Å²) in [5.41, 5.74) is 1.65. The number of aromatic nitrogens is 2. The molecule has 1 aromatic carbocycles. The Balaban J connectivity index is 1.98. The van der Waals surface area contributed by atoms with E-state index in [2.05, 4.69) is 9.97 Å². The lowest BCUT2D eigenvalue weighted by molar-refractivity contribution is 0.186. The molecule has 0 aliphatic rings. The first-order valence-electron chi connectivity index (χ1n) is 6.50. The van der Waals surface area contributed by atoms with Gasteiger partial charge in [0.15, 0.2) is 0 Å². The van der Waals surface area contributed by atoms with Gasteiger partial charge < -0.3 is 9.72 Å². The molecule has 0 spiro atoms. The fraction of sp³-hybridized carbons (Fsp3) is 0.200. The Morgan fingerprint density at radius 3 is 2.86 bits per heavy atom. The quantitative estimate of drug-likeness (QED) is 0.769. The second-order valence-electron chi connectivity index (χ2n) is 4.81. The van der Waals surface area contributed by atoms with E-state index < -0.39 is 0 Å². The molecular weight excluding hydrogens is 343 g/mol. The molecular formula is C15H12Cl2N2O2S. The lowest BCUT2D eigenvalue weighted by Gasteiger charge is -2.04. The van der Waals surface area contributed by atoms with Crippen molar-refractivity contribution in [1.29, 1.82) is 0 Å². The van der Waals surface area contributed by atoms with Crippen LogP contribution >= 0.6 is 34.5 Å². The Hall–Kier alpha value is -1.40. The lowest BCUT2D eigenvalue weighted by atomic mass is 10.1. The van der Waals surface area contributed by atoms with Crippen molar-refractivity contribution in [2.75, 3.05) is 7.11 Å². The van der Waals surface area contributed by atoms with Crippen LogP contribution in [0.5, 0.6) is 0 Å². The van der Waals surface area contributed by atoms with Crippen molar-refractivity contribution in [2.24, 2.45) is 0 Å². The van der Waals surface area contributed by atoms with Crippen LogP contribution in [0.15, 0.2) is 28.4 Å².